The van der Waals surface area contributed by atoms with Crippen LogP contribution >= 0.6 is 0 Å². The number of benzene rings is 1. The molecule has 0 fully saturated rings. The molecule has 0 aliphatic heterocycles. The SMILES string of the molecule is Cc1nc(NCc2ccc(O)cc2)cc(=O)[nH]1. The fourth-order valence-corrected chi connectivity index (χ4v) is 1.48. The smallest absolute Gasteiger partial charge is 0.252 e. The number of nitrogens with zero attached hydrogens (tertiary/aromatic N) is 1. The van der Waals surface area contributed by atoms with E-state index in [0.717, 1.165) is 5.56 Å². The van der Waals surface area contributed by atoms with Gasteiger partial charge in [-0.3, -0.25) is 4.79 Å². The fraction of sp³-hybridized carbons (Fsp3) is 0.167. The van der Waals surface area contributed by atoms with Crippen LogP contribution < -0.4 is 10.9 Å². The zero-order chi connectivity index (χ0) is 12.3. The average Bonchev–Trinajstić information content (AvgIpc) is 2.27. The van der Waals surface area contributed by atoms with Gasteiger partial charge in [-0.25, -0.2) is 4.98 Å². The van der Waals surface area contributed by atoms with Crippen molar-refractivity contribution in [2.75, 3.05) is 5.32 Å². The molecule has 0 saturated carbocycles. The highest BCUT2D eigenvalue weighted by molar-refractivity contribution is 5.35. The largest absolute Gasteiger partial charge is 0.508 e. The molecule has 2 aromatic rings. The third-order valence-corrected chi connectivity index (χ3v) is 2.27. The van der Waals surface area contributed by atoms with E-state index in [9.17, 15) is 4.79 Å². The fourth-order valence-electron chi connectivity index (χ4n) is 1.48. The van der Waals surface area contributed by atoms with E-state index in [-0.39, 0.29) is 11.3 Å². The molecule has 0 atom stereocenters. The number of phenols is 1. The lowest BCUT2D eigenvalue weighted by Gasteiger charge is -2.05. The number of aromatic nitrogens is 2. The lowest BCUT2D eigenvalue weighted by atomic mass is 10.2. The minimum atomic E-state index is -0.175. The predicted octanol–water partition coefficient (Wildman–Crippen LogP) is 1.40. The van der Waals surface area contributed by atoms with Gasteiger partial charge >= 0.3 is 0 Å². The monoisotopic (exact) mass is 231 g/mol. The standard InChI is InChI=1S/C12H13N3O2/c1-8-14-11(6-12(17)15-8)13-7-9-2-4-10(16)5-3-9/h2-6,16H,7H2,1H3,(H2,13,14,15,17). The van der Waals surface area contributed by atoms with E-state index in [2.05, 4.69) is 15.3 Å². The summed E-state index contributed by atoms with van der Waals surface area (Å²) in [5.41, 5.74) is 0.827. The molecule has 1 heterocycles. The summed E-state index contributed by atoms with van der Waals surface area (Å²) >= 11 is 0. The summed E-state index contributed by atoms with van der Waals surface area (Å²) in [6.07, 6.45) is 0. The van der Waals surface area contributed by atoms with Gasteiger partial charge in [0.05, 0.1) is 0 Å². The van der Waals surface area contributed by atoms with Gasteiger partial charge in [0.25, 0.3) is 5.56 Å². The number of hydrogen-bond donors (Lipinski definition) is 3. The highest BCUT2D eigenvalue weighted by atomic mass is 16.3. The Morgan fingerprint density at radius 2 is 2.06 bits per heavy atom. The topological polar surface area (TPSA) is 78.0 Å². The van der Waals surface area contributed by atoms with Gasteiger partial charge in [0.1, 0.15) is 17.4 Å². The predicted molar refractivity (Wildman–Crippen MR) is 65.0 cm³/mol. The van der Waals surface area contributed by atoms with Crippen LogP contribution in [0.1, 0.15) is 11.4 Å². The maximum absolute atomic E-state index is 11.2. The number of aromatic amines is 1. The third-order valence-electron chi connectivity index (χ3n) is 2.27. The highest BCUT2D eigenvalue weighted by Crippen LogP contribution is 2.10. The summed E-state index contributed by atoms with van der Waals surface area (Å²) in [6.45, 7) is 2.28. The van der Waals surface area contributed by atoms with Gasteiger partial charge in [-0.15, -0.1) is 0 Å². The molecule has 5 heteroatoms. The molecule has 0 spiro atoms. The lowest BCUT2D eigenvalue weighted by Crippen LogP contribution is -2.11. The first-order chi connectivity index (χ1) is 8.13. The van der Waals surface area contributed by atoms with E-state index in [4.69, 9.17) is 5.11 Å². The molecule has 0 bridgehead atoms. The molecule has 2 rings (SSSR count). The number of aryl methyl sites for hydroxylation is 1. The number of phenolic OH excluding ortho intramolecular Hbond substituents is 1. The maximum atomic E-state index is 11.2. The first-order valence-electron chi connectivity index (χ1n) is 5.23. The maximum Gasteiger partial charge on any atom is 0.252 e. The van der Waals surface area contributed by atoms with Gasteiger partial charge in [-0.05, 0) is 24.6 Å². The van der Waals surface area contributed by atoms with Gasteiger partial charge in [-0.2, -0.15) is 0 Å². The van der Waals surface area contributed by atoms with Crippen molar-refractivity contribution in [1.29, 1.82) is 0 Å². The van der Waals surface area contributed by atoms with Crippen LogP contribution in [0.15, 0.2) is 35.1 Å². The van der Waals surface area contributed by atoms with E-state index in [1.54, 1.807) is 19.1 Å². The molecule has 1 aromatic carbocycles. The van der Waals surface area contributed by atoms with Crippen molar-refractivity contribution in [3.63, 3.8) is 0 Å². The molecule has 5 nitrogen and oxygen atoms in total. The lowest BCUT2D eigenvalue weighted by molar-refractivity contribution is 0.475. The van der Waals surface area contributed by atoms with Crippen LogP contribution in [0.4, 0.5) is 5.82 Å². The van der Waals surface area contributed by atoms with E-state index < -0.39 is 0 Å². The van der Waals surface area contributed by atoms with Crippen LogP contribution in [0.5, 0.6) is 5.75 Å². The van der Waals surface area contributed by atoms with Crippen molar-refractivity contribution >= 4 is 5.82 Å². The molecule has 0 aliphatic carbocycles. The number of aromatic hydroxyl groups is 1. The van der Waals surface area contributed by atoms with Crippen LogP contribution in [0.3, 0.4) is 0 Å². The summed E-state index contributed by atoms with van der Waals surface area (Å²) in [5, 5.41) is 12.2. The van der Waals surface area contributed by atoms with E-state index in [1.165, 1.54) is 6.07 Å². The molecule has 0 radical (unpaired) electrons. The van der Waals surface area contributed by atoms with Crippen molar-refractivity contribution in [3.8, 4) is 5.75 Å². The van der Waals surface area contributed by atoms with E-state index in [1.807, 2.05) is 12.1 Å². The normalized spacial score (nSPS) is 10.2. The second-order valence-corrected chi connectivity index (χ2v) is 3.74. The molecule has 0 saturated heterocycles. The molecular formula is C12H13N3O2. The van der Waals surface area contributed by atoms with E-state index in [0.29, 0.717) is 18.2 Å². The summed E-state index contributed by atoms with van der Waals surface area (Å²) in [7, 11) is 0. The summed E-state index contributed by atoms with van der Waals surface area (Å²) < 4.78 is 0. The average molecular weight is 231 g/mol. The zero-order valence-corrected chi connectivity index (χ0v) is 9.40. The molecule has 0 amide bonds. The van der Waals surface area contributed by atoms with E-state index >= 15 is 0 Å². The zero-order valence-electron chi connectivity index (χ0n) is 9.40. The molecule has 0 unspecified atom stereocenters. The van der Waals surface area contributed by atoms with Gasteiger partial charge in [0.15, 0.2) is 0 Å². The van der Waals surface area contributed by atoms with Crippen LogP contribution in [0.25, 0.3) is 0 Å². The molecule has 3 N–H and O–H groups in total. The molecule has 1 aromatic heterocycles. The molecule has 17 heavy (non-hydrogen) atoms. The third kappa shape index (κ3) is 3.07. The Morgan fingerprint density at radius 1 is 1.35 bits per heavy atom. The number of anilines is 1. The number of rotatable bonds is 3. The van der Waals surface area contributed by atoms with Gasteiger partial charge < -0.3 is 15.4 Å². The Bertz CT molecular complexity index is 561. The Labute approximate surface area is 98.2 Å². The van der Waals surface area contributed by atoms with Crippen molar-refractivity contribution in [2.45, 2.75) is 13.5 Å². The number of H-pyrrole nitrogens is 1. The van der Waals surface area contributed by atoms with Crippen molar-refractivity contribution in [3.05, 3.63) is 52.1 Å². The summed E-state index contributed by atoms with van der Waals surface area (Å²) in [6, 6.07) is 8.26. The second kappa shape index (κ2) is 4.69. The van der Waals surface area contributed by atoms with Crippen molar-refractivity contribution in [1.82, 2.24) is 9.97 Å². The van der Waals surface area contributed by atoms with Gasteiger partial charge in [-0.1, -0.05) is 12.1 Å². The molecule has 0 aliphatic rings. The summed E-state index contributed by atoms with van der Waals surface area (Å²) in [4.78, 5) is 17.9. The Morgan fingerprint density at radius 3 is 2.71 bits per heavy atom. The van der Waals surface area contributed by atoms with Gasteiger partial charge in [0.2, 0.25) is 0 Å². The number of hydrogen-bond acceptors (Lipinski definition) is 4. The van der Waals surface area contributed by atoms with Gasteiger partial charge in [0, 0.05) is 12.6 Å². The second-order valence-electron chi connectivity index (χ2n) is 3.74. The van der Waals surface area contributed by atoms with Crippen LogP contribution in [0.2, 0.25) is 0 Å². The van der Waals surface area contributed by atoms with Crippen molar-refractivity contribution in [2.24, 2.45) is 0 Å². The van der Waals surface area contributed by atoms with Crippen LogP contribution in [-0.4, -0.2) is 15.1 Å². The molecule has 88 valence electrons. The first-order valence-corrected chi connectivity index (χ1v) is 5.23. The molecular weight excluding hydrogens is 218 g/mol. The highest BCUT2D eigenvalue weighted by Gasteiger charge is 1.98. The Balaban J connectivity index is 2.07. The van der Waals surface area contributed by atoms with Crippen LogP contribution in [-0.2, 0) is 6.54 Å². The van der Waals surface area contributed by atoms with Crippen LogP contribution in [0, 0.1) is 6.92 Å². The Kier molecular flexibility index (Phi) is 3.09. The quantitative estimate of drug-likeness (QED) is 0.746. The Hall–Kier alpha value is -2.30. The minimum Gasteiger partial charge on any atom is -0.508 e. The first kappa shape index (κ1) is 11.2. The number of nitrogens with one attached hydrogen (secondary N) is 2. The summed E-state index contributed by atoms with van der Waals surface area (Å²) in [5.74, 6) is 1.35. The van der Waals surface area contributed by atoms with Crippen molar-refractivity contribution < 1.29 is 5.11 Å². The minimum absolute atomic E-state index is 0.175.